The number of benzene rings is 1. The highest BCUT2D eigenvalue weighted by Gasteiger charge is 2.14. The molecule has 1 aromatic carbocycles. The van der Waals surface area contributed by atoms with Gasteiger partial charge in [-0.3, -0.25) is 0 Å². The Morgan fingerprint density at radius 1 is 1.14 bits per heavy atom. The molecule has 0 amide bonds. The summed E-state index contributed by atoms with van der Waals surface area (Å²) in [7, 11) is 0. The number of rotatable bonds is 2. The third-order valence-corrected chi connectivity index (χ3v) is 3.91. The molecule has 0 N–H and O–H groups in total. The zero-order valence-corrected chi connectivity index (χ0v) is 11.6. The van der Waals surface area contributed by atoms with Gasteiger partial charge in [0, 0.05) is 17.0 Å². The quantitative estimate of drug-likeness (QED) is 0.533. The molecule has 0 spiro atoms. The fraction of sp³-hybridized carbons (Fsp3) is 0. The maximum Gasteiger partial charge on any atom is 0.345 e. The van der Waals surface area contributed by atoms with Crippen LogP contribution in [0.15, 0.2) is 63.4 Å². The molecule has 5 nitrogen and oxygen atoms in total. The number of nitrogens with zero attached hydrogens (tertiary/aromatic N) is 3. The van der Waals surface area contributed by atoms with Crippen LogP contribution in [0.5, 0.6) is 0 Å². The van der Waals surface area contributed by atoms with Crippen LogP contribution in [-0.2, 0) is 0 Å². The maximum absolute atomic E-state index is 12.2. The van der Waals surface area contributed by atoms with E-state index in [1.807, 2.05) is 29.6 Å². The highest BCUT2D eigenvalue weighted by atomic mass is 32.1. The molecular formula is C15H9N3O2S. The van der Waals surface area contributed by atoms with Crippen LogP contribution >= 0.6 is 11.3 Å². The van der Waals surface area contributed by atoms with Gasteiger partial charge < -0.3 is 4.42 Å². The van der Waals surface area contributed by atoms with Gasteiger partial charge in [0.2, 0.25) is 5.13 Å². The summed E-state index contributed by atoms with van der Waals surface area (Å²) in [6.07, 6.45) is 3.35. The monoisotopic (exact) mass is 295 g/mol. The van der Waals surface area contributed by atoms with Crippen LogP contribution in [-0.4, -0.2) is 14.8 Å². The fourth-order valence-corrected chi connectivity index (χ4v) is 2.83. The Labute approximate surface area is 123 Å². The molecule has 21 heavy (non-hydrogen) atoms. The number of thiazole rings is 1. The van der Waals surface area contributed by atoms with E-state index in [9.17, 15) is 4.79 Å². The molecular weight excluding hydrogens is 286 g/mol. The summed E-state index contributed by atoms with van der Waals surface area (Å²) in [5, 5.41) is 7.69. The van der Waals surface area contributed by atoms with E-state index in [-0.39, 0.29) is 5.63 Å². The summed E-state index contributed by atoms with van der Waals surface area (Å²) in [5.41, 5.74) is 1.34. The predicted octanol–water partition coefficient (Wildman–Crippen LogP) is 3.10. The smallest absolute Gasteiger partial charge is 0.345 e. The van der Waals surface area contributed by atoms with Gasteiger partial charge in [-0.05, 0) is 18.2 Å². The Morgan fingerprint density at radius 3 is 2.90 bits per heavy atom. The highest BCUT2D eigenvalue weighted by molar-refractivity contribution is 7.12. The topological polar surface area (TPSA) is 60.9 Å². The molecule has 0 saturated carbocycles. The Balaban J connectivity index is 1.98. The number of para-hydroxylation sites is 1. The second-order valence-corrected chi connectivity index (χ2v) is 5.30. The molecule has 0 aliphatic rings. The first-order chi connectivity index (χ1) is 10.3. The lowest BCUT2D eigenvalue weighted by Gasteiger charge is -2.04. The van der Waals surface area contributed by atoms with Crippen LogP contribution in [0, 0.1) is 0 Å². The molecule has 0 aliphatic carbocycles. The van der Waals surface area contributed by atoms with Crippen LogP contribution in [0.1, 0.15) is 0 Å². The van der Waals surface area contributed by atoms with Crippen molar-refractivity contribution in [2.45, 2.75) is 0 Å². The molecule has 6 heteroatoms. The zero-order chi connectivity index (χ0) is 14.2. The van der Waals surface area contributed by atoms with Crippen molar-refractivity contribution in [2.24, 2.45) is 0 Å². The number of hydrogen-bond donors (Lipinski definition) is 0. The molecule has 4 rings (SSSR count). The molecule has 0 radical (unpaired) electrons. The van der Waals surface area contributed by atoms with Crippen molar-refractivity contribution in [1.82, 2.24) is 14.8 Å². The number of fused-ring (bicyclic) bond motifs is 1. The first-order valence-corrected chi connectivity index (χ1v) is 7.18. The number of hydrogen-bond acceptors (Lipinski definition) is 5. The Morgan fingerprint density at radius 2 is 2.05 bits per heavy atom. The summed E-state index contributed by atoms with van der Waals surface area (Å²) in [6, 6.07) is 11.0. The number of aromatic nitrogens is 3. The highest BCUT2D eigenvalue weighted by Crippen LogP contribution is 2.23. The van der Waals surface area contributed by atoms with E-state index in [0.717, 1.165) is 5.39 Å². The first kappa shape index (κ1) is 12.0. The van der Waals surface area contributed by atoms with Gasteiger partial charge in [-0.25, -0.2) is 14.5 Å². The summed E-state index contributed by atoms with van der Waals surface area (Å²) in [6.45, 7) is 0. The van der Waals surface area contributed by atoms with Crippen LogP contribution in [0.4, 0.5) is 0 Å². The molecule has 102 valence electrons. The van der Waals surface area contributed by atoms with Gasteiger partial charge in [0.05, 0.1) is 17.5 Å². The summed E-state index contributed by atoms with van der Waals surface area (Å²) >= 11 is 1.46. The van der Waals surface area contributed by atoms with Gasteiger partial charge in [-0.1, -0.05) is 18.2 Å². The minimum Gasteiger partial charge on any atom is -0.422 e. The van der Waals surface area contributed by atoms with Crippen LogP contribution in [0.2, 0.25) is 0 Å². The Kier molecular flexibility index (Phi) is 2.68. The first-order valence-electron chi connectivity index (χ1n) is 6.30. The van der Waals surface area contributed by atoms with Gasteiger partial charge >= 0.3 is 5.63 Å². The lowest BCUT2D eigenvalue weighted by atomic mass is 10.1. The molecule has 4 aromatic rings. The van der Waals surface area contributed by atoms with Crippen molar-refractivity contribution in [1.29, 1.82) is 0 Å². The predicted molar refractivity (Wildman–Crippen MR) is 80.7 cm³/mol. The minimum atomic E-state index is -0.382. The van der Waals surface area contributed by atoms with E-state index in [1.54, 1.807) is 29.2 Å². The second-order valence-electron chi connectivity index (χ2n) is 4.43. The fourth-order valence-electron chi connectivity index (χ4n) is 2.22. The van der Waals surface area contributed by atoms with Gasteiger partial charge in [0.15, 0.2) is 0 Å². The van der Waals surface area contributed by atoms with Gasteiger partial charge in [-0.15, -0.1) is 11.3 Å². The summed E-state index contributed by atoms with van der Waals surface area (Å²) in [5.74, 6) is 0. The van der Waals surface area contributed by atoms with Crippen molar-refractivity contribution < 1.29 is 4.42 Å². The Hall–Kier alpha value is -2.73. The van der Waals surface area contributed by atoms with Crippen molar-refractivity contribution >= 4 is 22.3 Å². The van der Waals surface area contributed by atoms with E-state index in [2.05, 4.69) is 10.1 Å². The van der Waals surface area contributed by atoms with E-state index >= 15 is 0 Å². The molecule has 0 aliphatic heterocycles. The molecule has 0 saturated heterocycles. The zero-order valence-electron chi connectivity index (χ0n) is 10.8. The van der Waals surface area contributed by atoms with Crippen molar-refractivity contribution in [3.8, 4) is 16.4 Å². The lowest BCUT2D eigenvalue weighted by molar-refractivity contribution is 0.562. The normalized spacial score (nSPS) is 11.0. The van der Waals surface area contributed by atoms with Crippen molar-refractivity contribution in [2.75, 3.05) is 0 Å². The minimum absolute atomic E-state index is 0.382. The average molecular weight is 295 g/mol. The van der Waals surface area contributed by atoms with E-state index in [4.69, 9.17) is 4.42 Å². The van der Waals surface area contributed by atoms with E-state index < -0.39 is 0 Å². The van der Waals surface area contributed by atoms with Crippen LogP contribution in [0.3, 0.4) is 0 Å². The van der Waals surface area contributed by atoms with Gasteiger partial charge in [0.1, 0.15) is 5.58 Å². The lowest BCUT2D eigenvalue weighted by Crippen LogP contribution is -2.07. The SMILES string of the molecule is O=c1oc2ccccc2cc1-c1ccnn1-c1nccs1. The van der Waals surface area contributed by atoms with Crippen LogP contribution < -0.4 is 5.63 Å². The second kappa shape index (κ2) is 4.68. The molecule has 0 unspecified atom stereocenters. The van der Waals surface area contributed by atoms with Gasteiger partial charge in [-0.2, -0.15) is 5.10 Å². The van der Waals surface area contributed by atoms with E-state index in [0.29, 0.717) is 22.0 Å². The largest absolute Gasteiger partial charge is 0.422 e. The van der Waals surface area contributed by atoms with Gasteiger partial charge in [0.25, 0.3) is 0 Å². The summed E-state index contributed by atoms with van der Waals surface area (Å²) < 4.78 is 7.02. The van der Waals surface area contributed by atoms with Crippen LogP contribution in [0.25, 0.3) is 27.4 Å². The maximum atomic E-state index is 12.2. The average Bonchev–Trinajstić information content (AvgIpc) is 3.17. The standard InChI is InChI=1S/C15H9N3O2S/c19-14-11(9-10-3-1-2-4-13(10)20-14)12-5-6-17-18(12)15-16-7-8-21-15/h1-9H. The van der Waals surface area contributed by atoms with Crippen molar-refractivity contribution in [3.63, 3.8) is 0 Å². The molecule has 3 heterocycles. The third kappa shape index (κ3) is 1.96. The molecule has 0 atom stereocenters. The third-order valence-electron chi connectivity index (χ3n) is 3.16. The van der Waals surface area contributed by atoms with Crippen molar-refractivity contribution in [3.05, 3.63) is 64.6 Å². The Bertz CT molecular complexity index is 970. The molecule has 3 aromatic heterocycles. The molecule has 0 bridgehead atoms. The van der Waals surface area contributed by atoms with E-state index in [1.165, 1.54) is 11.3 Å². The summed E-state index contributed by atoms with van der Waals surface area (Å²) in [4.78, 5) is 16.5. The molecule has 0 fully saturated rings.